The van der Waals surface area contributed by atoms with Gasteiger partial charge in [-0.3, -0.25) is 4.79 Å². The largest absolute Gasteiger partial charge is 0.449 e. The van der Waals surface area contributed by atoms with E-state index in [1.165, 1.54) is 5.56 Å². The van der Waals surface area contributed by atoms with Crippen molar-refractivity contribution in [1.29, 1.82) is 0 Å². The van der Waals surface area contributed by atoms with Gasteiger partial charge in [0.2, 0.25) is 5.71 Å². The van der Waals surface area contributed by atoms with Gasteiger partial charge in [0.05, 0.1) is 17.3 Å². The molecule has 0 bridgehead atoms. The Labute approximate surface area is 159 Å². The van der Waals surface area contributed by atoms with Gasteiger partial charge in [0.1, 0.15) is 8.07 Å². The van der Waals surface area contributed by atoms with E-state index < -0.39 is 8.07 Å². The summed E-state index contributed by atoms with van der Waals surface area (Å²) in [5.74, 6) is 0. The van der Waals surface area contributed by atoms with E-state index in [0.29, 0.717) is 17.6 Å². The number of benzene rings is 2. The Morgan fingerprint density at radius 3 is 2.15 bits per heavy atom. The molecule has 27 heavy (non-hydrogen) atoms. The molecule has 3 nitrogen and oxygen atoms in total. The highest BCUT2D eigenvalue weighted by atomic mass is 28.3. The van der Waals surface area contributed by atoms with E-state index in [0.717, 1.165) is 16.5 Å². The smallest absolute Gasteiger partial charge is 0.211 e. The quantitative estimate of drug-likeness (QED) is 0.479. The lowest BCUT2D eigenvalue weighted by atomic mass is 10.1. The third-order valence-electron chi connectivity index (χ3n) is 4.74. The molecular formula is C23H23NO2Si. The molecule has 0 saturated heterocycles. The summed E-state index contributed by atoms with van der Waals surface area (Å²) >= 11 is 0. The maximum absolute atomic E-state index is 12.9. The summed E-state index contributed by atoms with van der Waals surface area (Å²) in [6.45, 7) is 7.43. The van der Waals surface area contributed by atoms with Crippen LogP contribution in [0.4, 0.5) is 0 Å². The van der Waals surface area contributed by atoms with Crippen molar-refractivity contribution in [2.45, 2.75) is 26.2 Å². The van der Waals surface area contributed by atoms with Crippen LogP contribution in [0.2, 0.25) is 19.6 Å². The van der Waals surface area contributed by atoms with E-state index in [2.05, 4.69) is 43.9 Å². The Hall–Kier alpha value is -2.85. The predicted molar refractivity (Wildman–Crippen MR) is 114 cm³/mol. The molecule has 0 radical (unpaired) electrons. The summed E-state index contributed by atoms with van der Waals surface area (Å²) in [5.41, 5.74) is 3.87. The number of fused-ring (bicyclic) bond motifs is 1. The summed E-state index contributed by atoms with van der Waals surface area (Å²) in [6.07, 6.45) is 1.84. The van der Waals surface area contributed by atoms with Crippen molar-refractivity contribution in [3.63, 3.8) is 0 Å². The number of aromatic nitrogens is 1. The lowest BCUT2D eigenvalue weighted by Gasteiger charge is -2.15. The lowest BCUT2D eigenvalue weighted by Crippen LogP contribution is -2.37. The molecule has 4 heteroatoms. The van der Waals surface area contributed by atoms with Gasteiger partial charge in [-0.15, -0.1) is 0 Å². The van der Waals surface area contributed by atoms with Crippen molar-refractivity contribution in [3.05, 3.63) is 88.7 Å². The Morgan fingerprint density at radius 1 is 0.889 bits per heavy atom. The molecule has 0 fully saturated rings. The van der Waals surface area contributed by atoms with Crippen LogP contribution in [0.5, 0.6) is 0 Å². The van der Waals surface area contributed by atoms with E-state index >= 15 is 0 Å². The molecule has 0 saturated carbocycles. The number of hydrogen-bond acceptors (Lipinski definition) is 2. The van der Waals surface area contributed by atoms with Gasteiger partial charge in [-0.1, -0.05) is 80.3 Å². The highest BCUT2D eigenvalue weighted by Gasteiger charge is 2.30. The second-order valence-corrected chi connectivity index (χ2v) is 12.8. The Morgan fingerprint density at radius 2 is 1.52 bits per heavy atom. The zero-order chi connectivity index (χ0) is 19.0. The Bertz CT molecular complexity index is 1140. The van der Waals surface area contributed by atoms with E-state index in [9.17, 15) is 4.79 Å². The van der Waals surface area contributed by atoms with E-state index in [-0.39, 0.29) is 5.43 Å². The Kier molecular flexibility index (Phi) is 4.36. The third kappa shape index (κ3) is 3.28. The molecule has 0 aliphatic heterocycles. The summed E-state index contributed by atoms with van der Waals surface area (Å²) in [7, 11) is -1.80. The minimum Gasteiger partial charge on any atom is -0.449 e. The van der Waals surface area contributed by atoms with Crippen molar-refractivity contribution < 1.29 is 4.42 Å². The molecule has 0 aliphatic rings. The number of hydrogen-bond donors (Lipinski definition) is 0. The van der Waals surface area contributed by atoms with Crippen LogP contribution >= 0.6 is 0 Å². The minimum atomic E-state index is -1.80. The van der Waals surface area contributed by atoms with Crippen molar-refractivity contribution in [3.8, 4) is 11.1 Å². The van der Waals surface area contributed by atoms with Crippen LogP contribution in [0, 0.1) is 0 Å². The zero-order valence-corrected chi connectivity index (χ0v) is 16.9. The zero-order valence-electron chi connectivity index (χ0n) is 15.9. The van der Waals surface area contributed by atoms with Gasteiger partial charge in [0.25, 0.3) is 0 Å². The van der Waals surface area contributed by atoms with Crippen molar-refractivity contribution in [2.24, 2.45) is 0 Å². The average Bonchev–Trinajstić information content (AvgIpc) is 3.08. The average molecular weight is 374 g/mol. The summed E-state index contributed by atoms with van der Waals surface area (Å²) < 4.78 is 8.47. The summed E-state index contributed by atoms with van der Waals surface area (Å²) in [6, 6.07) is 22.0. The third-order valence-corrected chi connectivity index (χ3v) is 6.46. The van der Waals surface area contributed by atoms with Crippen LogP contribution in [-0.4, -0.2) is 12.6 Å². The fourth-order valence-corrected chi connectivity index (χ4v) is 4.89. The molecule has 4 rings (SSSR count). The molecule has 136 valence electrons. The highest BCUT2D eigenvalue weighted by Crippen LogP contribution is 2.29. The molecule has 2 aromatic carbocycles. The number of pyridine rings is 1. The van der Waals surface area contributed by atoms with Gasteiger partial charge in [-0.2, -0.15) is 0 Å². The molecule has 0 N–H and O–H groups in total. The standard InChI is InChI=1S/C23H23NO2Si/c1-27(2,3)23-20(18-12-8-5-9-13-18)21-19(25)14-15-24(22(21)26-23)16-17-10-6-4-7-11-17/h4-15H,16H2,1-3H3. The van der Waals surface area contributed by atoms with Crippen LogP contribution in [0.25, 0.3) is 22.2 Å². The van der Waals surface area contributed by atoms with Crippen molar-refractivity contribution in [1.82, 2.24) is 4.57 Å². The maximum Gasteiger partial charge on any atom is 0.211 e. The number of rotatable bonds is 4. The molecule has 4 aromatic rings. The summed E-state index contributed by atoms with van der Waals surface area (Å²) in [4.78, 5) is 12.9. The molecule has 0 aliphatic carbocycles. The van der Waals surface area contributed by atoms with Gasteiger partial charge in [-0.05, 0) is 11.1 Å². The van der Waals surface area contributed by atoms with Gasteiger partial charge in [0.15, 0.2) is 5.43 Å². The van der Waals surface area contributed by atoms with Crippen LogP contribution in [0.15, 0.2) is 82.1 Å². The second-order valence-electron chi connectivity index (χ2n) is 7.90. The lowest BCUT2D eigenvalue weighted by molar-refractivity contribution is 0.598. The van der Waals surface area contributed by atoms with E-state index in [1.807, 2.05) is 47.2 Å². The topological polar surface area (TPSA) is 35.1 Å². The highest BCUT2D eigenvalue weighted by molar-refractivity contribution is 6.89. The van der Waals surface area contributed by atoms with Gasteiger partial charge in [0, 0.05) is 17.8 Å². The molecule has 0 atom stereocenters. The number of furan rings is 1. The van der Waals surface area contributed by atoms with E-state index in [1.54, 1.807) is 6.07 Å². The van der Waals surface area contributed by atoms with Crippen molar-refractivity contribution >= 4 is 24.6 Å². The summed E-state index contributed by atoms with van der Waals surface area (Å²) in [5, 5.41) is 1.67. The molecule has 0 amide bonds. The first kappa shape index (κ1) is 17.6. The fraction of sp³-hybridized carbons (Fsp3) is 0.174. The van der Waals surface area contributed by atoms with Crippen LogP contribution in [0.3, 0.4) is 0 Å². The van der Waals surface area contributed by atoms with Crippen LogP contribution in [-0.2, 0) is 6.54 Å². The SMILES string of the molecule is C[Si](C)(C)c1oc2c(c1-c1ccccc1)c(=O)ccn2Cc1ccccc1. The monoisotopic (exact) mass is 373 g/mol. The molecule has 0 unspecified atom stereocenters. The van der Waals surface area contributed by atoms with Gasteiger partial charge < -0.3 is 8.98 Å². The molecule has 2 heterocycles. The first-order valence-corrected chi connectivity index (χ1v) is 12.7. The van der Waals surface area contributed by atoms with Crippen LogP contribution in [0.1, 0.15) is 5.56 Å². The second kappa shape index (κ2) is 6.71. The maximum atomic E-state index is 12.9. The normalized spacial score (nSPS) is 11.8. The first-order chi connectivity index (χ1) is 12.9. The van der Waals surface area contributed by atoms with Crippen molar-refractivity contribution in [2.75, 3.05) is 0 Å². The Balaban J connectivity index is 2.01. The fourth-order valence-electron chi connectivity index (χ4n) is 3.47. The minimum absolute atomic E-state index is 0.0152. The molecule has 2 aromatic heterocycles. The van der Waals surface area contributed by atoms with E-state index in [4.69, 9.17) is 4.42 Å². The number of nitrogens with zero attached hydrogens (tertiary/aromatic N) is 1. The van der Waals surface area contributed by atoms with Gasteiger partial charge in [-0.25, -0.2) is 0 Å². The molecule has 0 spiro atoms. The van der Waals surface area contributed by atoms with Crippen LogP contribution < -0.4 is 10.8 Å². The van der Waals surface area contributed by atoms with Gasteiger partial charge >= 0.3 is 0 Å². The first-order valence-electron chi connectivity index (χ1n) is 9.21. The predicted octanol–water partition coefficient (Wildman–Crippen LogP) is 4.86. The molecular weight excluding hydrogens is 350 g/mol.